The molecule has 0 aliphatic carbocycles. The van der Waals surface area contributed by atoms with E-state index < -0.39 is 0 Å². The van der Waals surface area contributed by atoms with Gasteiger partial charge in [-0.2, -0.15) is 0 Å². The Morgan fingerprint density at radius 2 is 2.00 bits per heavy atom. The van der Waals surface area contributed by atoms with Crippen molar-refractivity contribution in [3.8, 4) is 11.5 Å². The molecule has 0 fully saturated rings. The number of benzene rings is 1. The molecule has 0 spiro atoms. The molecule has 2 amide bonds. The fraction of sp³-hybridized carbons (Fsp3) is 0.611. The number of urea groups is 1. The topological polar surface area (TPSA) is 78.4 Å². The highest BCUT2D eigenvalue weighted by Gasteiger charge is 2.37. The number of nitrogens with one attached hydrogen (secondary N) is 1. The summed E-state index contributed by atoms with van der Waals surface area (Å²) in [5.74, 6) is 1.43. The highest BCUT2D eigenvalue weighted by atomic mass is 16.5. The molecule has 0 aromatic heterocycles. The van der Waals surface area contributed by atoms with Crippen LogP contribution in [-0.4, -0.2) is 44.3 Å². The van der Waals surface area contributed by atoms with Crippen LogP contribution in [0.2, 0.25) is 0 Å². The number of carbonyl (C=O) groups excluding carboxylic acids is 1. The number of ether oxygens (including phenoxy) is 2. The third-order valence-corrected chi connectivity index (χ3v) is 4.68. The zero-order chi connectivity index (χ0) is 17.7. The van der Waals surface area contributed by atoms with E-state index in [1.54, 1.807) is 14.2 Å². The lowest BCUT2D eigenvalue weighted by atomic mass is 9.87. The van der Waals surface area contributed by atoms with Crippen molar-refractivity contribution in [1.82, 2.24) is 10.2 Å². The van der Waals surface area contributed by atoms with Crippen LogP contribution in [-0.2, 0) is 6.42 Å². The number of methoxy groups -OCH3 is 2. The summed E-state index contributed by atoms with van der Waals surface area (Å²) in [6, 6.07) is 4.10. The maximum absolute atomic E-state index is 12.6. The minimum atomic E-state index is -0.0459. The molecule has 1 aromatic carbocycles. The third-order valence-electron chi connectivity index (χ3n) is 4.68. The second-order valence-electron chi connectivity index (χ2n) is 6.19. The predicted octanol–water partition coefficient (Wildman–Crippen LogP) is 1.74. The molecule has 0 unspecified atom stereocenters. The molecule has 4 N–H and O–H groups in total. The van der Waals surface area contributed by atoms with E-state index in [4.69, 9.17) is 9.47 Å². The van der Waals surface area contributed by atoms with E-state index in [-0.39, 0.29) is 18.1 Å². The molecule has 134 valence electrons. The summed E-state index contributed by atoms with van der Waals surface area (Å²) in [4.78, 5) is 14.5. The Labute approximate surface area is 144 Å². The monoisotopic (exact) mass is 336 g/mol. The van der Waals surface area contributed by atoms with Crippen molar-refractivity contribution >= 4 is 6.03 Å². The lowest BCUT2D eigenvalue weighted by molar-refractivity contribution is -0.433. The highest BCUT2D eigenvalue weighted by molar-refractivity contribution is 5.75. The quantitative estimate of drug-likeness (QED) is 0.830. The van der Waals surface area contributed by atoms with Crippen LogP contribution in [0.4, 0.5) is 4.79 Å². The van der Waals surface area contributed by atoms with Gasteiger partial charge in [-0.25, -0.2) is 4.79 Å². The van der Waals surface area contributed by atoms with Gasteiger partial charge in [-0.05, 0) is 42.5 Å². The fourth-order valence-corrected chi connectivity index (χ4v) is 3.27. The van der Waals surface area contributed by atoms with Gasteiger partial charge in [0.25, 0.3) is 0 Å². The predicted molar refractivity (Wildman–Crippen MR) is 93.4 cm³/mol. The van der Waals surface area contributed by atoms with E-state index in [0.717, 1.165) is 30.6 Å². The summed E-state index contributed by atoms with van der Waals surface area (Å²) in [6.07, 6.45) is 2.63. The summed E-state index contributed by atoms with van der Waals surface area (Å²) >= 11 is 0. The van der Waals surface area contributed by atoms with Crippen molar-refractivity contribution in [2.75, 3.05) is 27.3 Å². The van der Waals surface area contributed by atoms with Gasteiger partial charge < -0.3 is 25.4 Å². The first-order valence-electron chi connectivity index (χ1n) is 8.69. The summed E-state index contributed by atoms with van der Waals surface area (Å²) in [5.41, 5.74) is 6.62. The number of nitrogens with zero attached hydrogens (tertiary/aromatic N) is 1. The van der Waals surface area contributed by atoms with Crippen LogP contribution in [0.5, 0.6) is 11.5 Å². The molecule has 1 aliphatic rings. The van der Waals surface area contributed by atoms with Gasteiger partial charge in [-0.15, -0.1) is 0 Å². The molecule has 0 bridgehead atoms. The number of hydrogen-bond acceptors (Lipinski definition) is 3. The molecule has 0 saturated carbocycles. The van der Waals surface area contributed by atoms with Gasteiger partial charge in [-0.3, -0.25) is 0 Å². The van der Waals surface area contributed by atoms with Gasteiger partial charge in [0.05, 0.1) is 14.2 Å². The Balaban J connectivity index is 2.42. The molecule has 1 aliphatic heterocycles. The van der Waals surface area contributed by atoms with Crippen LogP contribution in [0, 0.1) is 0 Å². The average molecular weight is 336 g/mol. The number of quaternary nitrogens is 1. The summed E-state index contributed by atoms with van der Waals surface area (Å²) in [6.45, 7) is 5.54. The van der Waals surface area contributed by atoms with Crippen molar-refractivity contribution in [3.05, 3.63) is 23.3 Å². The van der Waals surface area contributed by atoms with Crippen LogP contribution < -0.4 is 20.5 Å². The molecule has 2 atom stereocenters. The number of amides is 2. The number of fused-ring (bicyclic) bond motifs is 1. The second kappa shape index (κ2) is 8.24. The van der Waals surface area contributed by atoms with Crippen LogP contribution in [0.25, 0.3) is 0 Å². The molecule has 1 heterocycles. The molecule has 6 heteroatoms. The molecule has 0 radical (unpaired) electrons. The molecular formula is C18H30N3O3+. The van der Waals surface area contributed by atoms with Crippen molar-refractivity contribution in [1.29, 1.82) is 0 Å². The standard InChI is InChI=1S/C18H29N3O3/c1-5-8-20-18(22)21-9-7-12-10-15(23-3)16(24-4)11-13(12)17(21)14(19)6-2/h10-11,14,17H,5-9,19H2,1-4H3,(H,20,22)/p+1/t14-,17-/m0/s1. The minimum Gasteiger partial charge on any atom is -0.493 e. The maximum atomic E-state index is 12.6. The van der Waals surface area contributed by atoms with E-state index in [0.29, 0.717) is 18.8 Å². The van der Waals surface area contributed by atoms with Crippen molar-refractivity contribution in [2.24, 2.45) is 0 Å². The van der Waals surface area contributed by atoms with Gasteiger partial charge in [0.1, 0.15) is 12.1 Å². The Morgan fingerprint density at radius 3 is 2.58 bits per heavy atom. The fourth-order valence-electron chi connectivity index (χ4n) is 3.27. The SMILES string of the molecule is CCCNC(=O)N1CCc2cc(OC)c(OC)cc2[C@H]1[C@@H]([NH3+])CC. The Kier molecular flexibility index (Phi) is 6.31. The van der Waals surface area contributed by atoms with E-state index in [1.165, 1.54) is 5.56 Å². The first kappa shape index (κ1) is 18.4. The Morgan fingerprint density at radius 1 is 1.33 bits per heavy atom. The van der Waals surface area contributed by atoms with Crippen molar-refractivity contribution in [3.63, 3.8) is 0 Å². The Bertz CT molecular complexity index is 577. The van der Waals surface area contributed by atoms with E-state index >= 15 is 0 Å². The molecule has 1 aromatic rings. The van der Waals surface area contributed by atoms with Gasteiger partial charge in [0.2, 0.25) is 0 Å². The minimum absolute atomic E-state index is 0.00983. The van der Waals surface area contributed by atoms with Crippen molar-refractivity contribution < 1.29 is 20.0 Å². The Hall–Kier alpha value is -1.95. The summed E-state index contributed by atoms with van der Waals surface area (Å²) < 4.78 is 10.9. The lowest BCUT2D eigenvalue weighted by Crippen LogP contribution is -2.67. The normalized spacial score (nSPS) is 17.9. The smallest absolute Gasteiger partial charge is 0.318 e. The average Bonchev–Trinajstić information content (AvgIpc) is 2.62. The third kappa shape index (κ3) is 3.59. The number of rotatable bonds is 6. The van der Waals surface area contributed by atoms with E-state index in [1.807, 2.05) is 17.0 Å². The van der Waals surface area contributed by atoms with Crippen LogP contribution in [0.1, 0.15) is 43.9 Å². The van der Waals surface area contributed by atoms with Gasteiger partial charge in [0.15, 0.2) is 11.5 Å². The second-order valence-corrected chi connectivity index (χ2v) is 6.19. The highest BCUT2D eigenvalue weighted by Crippen LogP contribution is 2.39. The zero-order valence-electron chi connectivity index (χ0n) is 15.2. The largest absolute Gasteiger partial charge is 0.493 e. The first-order valence-corrected chi connectivity index (χ1v) is 8.69. The molecule has 24 heavy (non-hydrogen) atoms. The lowest BCUT2D eigenvalue weighted by Gasteiger charge is -2.39. The summed E-state index contributed by atoms with van der Waals surface area (Å²) in [7, 11) is 3.28. The van der Waals surface area contributed by atoms with Gasteiger partial charge in [-0.1, -0.05) is 13.8 Å². The van der Waals surface area contributed by atoms with Crippen LogP contribution in [0.15, 0.2) is 12.1 Å². The van der Waals surface area contributed by atoms with E-state index in [9.17, 15) is 4.79 Å². The molecular weight excluding hydrogens is 306 g/mol. The summed E-state index contributed by atoms with van der Waals surface area (Å²) in [5, 5.41) is 3.00. The van der Waals surface area contributed by atoms with Gasteiger partial charge in [0, 0.05) is 13.1 Å². The molecule has 2 rings (SSSR count). The van der Waals surface area contributed by atoms with Crippen LogP contribution in [0.3, 0.4) is 0 Å². The molecule has 0 saturated heterocycles. The number of hydrogen-bond donors (Lipinski definition) is 2. The van der Waals surface area contributed by atoms with Gasteiger partial charge >= 0.3 is 6.03 Å². The molecule has 6 nitrogen and oxygen atoms in total. The maximum Gasteiger partial charge on any atom is 0.318 e. The van der Waals surface area contributed by atoms with Crippen LogP contribution >= 0.6 is 0 Å². The number of carbonyl (C=O) groups is 1. The van der Waals surface area contributed by atoms with E-state index in [2.05, 4.69) is 24.9 Å². The van der Waals surface area contributed by atoms with Crippen molar-refractivity contribution in [2.45, 2.75) is 45.2 Å². The zero-order valence-corrected chi connectivity index (χ0v) is 15.2. The first-order chi connectivity index (χ1) is 11.6.